The summed E-state index contributed by atoms with van der Waals surface area (Å²) in [5.41, 5.74) is 0. The van der Waals surface area contributed by atoms with Crippen LogP contribution >= 0.6 is 0 Å². The predicted molar refractivity (Wildman–Crippen MR) is 121 cm³/mol. The maximum atomic E-state index is 11.9. The minimum Gasteiger partial charge on any atom is -0.748 e. The fourth-order valence-corrected chi connectivity index (χ4v) is 3.89. The number of likely N-dealkylation sites (N-methyl/N-ethyl adjacent to an activating group) is 1. The van der Waals surface area contributed by atoms with E-state index in [1.165, 1.54) is 77.0 Å². The number of carbonyl (C=O) groups is 1. The van der Waals surface area contributed by atoms with Crippen LogP contribution in [0.3, 0.4) is 0 Å². The molecule has 0 radical (unpaired) electrons. The molecule has 0 aromatic carbocycles. The van der Waals surface area contributed by atoms with Crippen molar-refractivity contribution in [2.75, 3.05) is 19.3 Å². The van der Waals surface area contributed by atoms with Crippen LogP contribution in [0.25, 0.3) is 0 Å². The molecule has 0 bridgehead atoms. The fraction of sp³-hybridized carbons (Fsp3) is 0.870. The Morgan fingerprint density at radius 2 is 1.27 bits per heavy atom. The van der Waals surface area contributed by atoms with Crippen LogP contribution in [0.1, 0.15) is 110 Å². The third kappa shape index (κ3) is 24.4. The van der Waals surface area contributed by atoms with Gasteiger partial charge in [-0.1, -0.05) is 90.0 Å². The predicted octanol–water partition coefficient (Wildman–Crippen LogP) is 2.81. The molecule has 0 aliphatic heterocycles. The van der Waals surface area contributed by atoms with E-state index in [2.05, 4.69) is 6.92 Å². The maximum Gasteiger partial charge on any atom is 1.00 e. The molecule has 0 aromatic rings. The molecule has 0 aliphatic carbocycles. The van der Waals surface area contributed by atoms with Gasteiger partial charge in [0.15, 0.2) is 0 Å². The number of allylic oxidation sites excluding steroid dienone is 1. The molecule has 0 aromatic heterocycles. The largest absolute Gasteiger partial charge is 1.00 e. The zero-order valence-corrected chi connectivity index (χ0v) is 22.7. The monoisotopic (exact) mass is 453 g/mol. The van der Waals surface area contributed by atoms with Gasteiger partial charge in [-0.05, 0) is 31.8 Å². The summed E-state index contributed by atoms with van der Waals surface area (Å²) >= 11 is 0. The van der Waals surface area contributed by atoms with Crippen molar-refractivity contribution < 1.29 is 47.3 Å². The van der Waals surface area contributed by atoms with Crippen molar-refractivity contribution in [1.29, 1.82) is 0 Å². The zero-order valence-electron chi connectivity index (χ0n) is 19.9. The number of hydrogen-bond acceptors (Lipinski definition) is 4. The fourth-order valence-electron chi connectivity index (χ4n) is 3.33. The van der Waals surface area contributed by atoms with Crippen molar-refractivity contribution in [2.24, 2.45) is 0 Å². The molecule has 0 atom stereocenters. The second kappa shape index (κ2) is 22.3. The Bertz CT molecular complexity index is 523. The summed E-state index contributed by atoms with van der Waals surface area (Å²) in [7, 11) is -2.45. The number of hydrogen-bond donors (Lipinski definition) is 0. The van der Waals surface area contributed by atoms with Crippen LogP contribution in [0.15, 0.2) is 12.2 Å². The standard InChI is InChI=1S/C23H45NO4S.Na/c1-3-4-5-6-7-8-9-10-11-12-13-14-15-16-17-20-23(25)24(2)21-18-19-22-29(26,27)28;/h17,20H,3-16,18-19,21-22H2,1-2H3,(H,26,27,28);/q;+1/p-1/b20-17+;. The summed E-state index contributed by atoms with van der Waals surface area (Å²) in [4.78, 5) is 13.5. The molecule has 0 aliphatic rings. The Balaban J connectivity index is 0. The van der Waals surface area contributed by atoms with Gasteiger partial charge in [-0.2, -0.15) is 0 Å². The van der Waals surface area contributed by atoms with E-state index in [9.17, 15) is 17.8 Å². The first kappa shape index (κ1) is 32.3. The summed E-state index contributed by atoms with van der Waals surface area (Å²) < 4.78 is 31.6. The number of amides is 1. The molecular weight excluding hydrogens is 409 g/mol. The molecule has 30 heavy (non-hydrogen) atoms. The minimum atomic E-state index is -4.15. The van der Waals surface area contributed by atoms with Crippen LogP contribution in [-0.4, -0.2) is 43.1 Å². The average molecular weight is 454 g/mol. The van der Waals surface area contributed by atoms with E-state index in [4.69, 9.17) is 0 Å². The van der Waals surface area contributed by atoms with Crippen molar-refractivity contribution >= 4 is 16.0 Å². The van der Waals surface area contributed by atoms with Crippen LogP contribution in [-0.2, 0) is 14.9 Å². The van der Waals surface area contributed by atoms with Crippen molar-refractivity contribution in [1.82, 2.24) is 4.90 Å². The van der Waals surface area contributed by atoms with E-state index < -0.39 is 10.1 Å². The van der Waals surface area contributed by atoms with Crippen molar-refractivity contribution in [2.45, 2.75) is 110 Å². The third-order valence-electron chi connectivity index (χ3n) is 5.25. The quantitative estimate of drug-likeness (QED) is 0.123. The molecule has 1 amide bonds. The Hall–Kier alpha value is 0.120. The first-order valence-corrected chi connectivity index (χ1v) is 13.3. The van der Waals surface area contributed by atoms with Gasteiger partial charge in [0.2, 0.25) is 5.91 Å². The van der Waals surface area contributed by atoms with Crippen molar-refractivity contribution in [3.8, 4) is 0 Å². The Morgan fingerprint density at radius 3 is 1.73 bits per heavy atom. The molecule has 7 heteroatoms. The molecule has 0 saturated heterocycles. The van der Waals surface area contributed by atoms with E-state index >= 15 is 0 Å². The summed E-state index contributed by atoms with van der Waals surface area (Å²) in [5.74, 6) is -0.422. The van der Waals surface area contributed by atoms with Crippen LogP contribution in [0.2, 0.25) is 0 Å². The SMILES string of the molecule is CCCCCCCCCCCCCCC/C=C/C(=O)N(C)CCCCS(=O)(=O)[O-].[Na+]. The van der Waals surface area contributed by atoms with E-state index in [1.807, 2.05) is 6.08 Å². The Kier molecular flexibility index (Phi) is 24.0. The zero-order chi connectivity index (χ0) is 21.8. The number of rotatable bonds is 20. The van der Waals surface area contributed by atoms with Crippen molar-refractivity contribution in [3.05, 3.63) is 12.2 Å². The Labute approximate surface area is 208 Å². The van der Waals surface area contributed by atoms with Gasteiger partial charge >= 0.3 is 29.6 Å². The van der Waals surface area contributed by atoms with Gasteiger partial charge in [0, 0.05) is 19.3 Å². The van der Waals surface area contributed by atoms with E-state index in [1.54, 1.807) is 18.0 Å². The van der Waals surface area contributed by atoms with E-state index in [-0.39, 0.29) is 41.2 Å². The number of nitrogens with zero attached hydrogens (tertiary/aromatic N) is 1. The van der Waals surface area contributed by atoms with Crippen molar-refractivity contribution in [3.63, 3.8) is 0 Å². The first-order valence-electron chi connectivity index (χ1n) is 11.7. The van der Waals surface area contributed by atoms with Crippen LogP contribution in [0.4, 0.5) is 0 Å². The molecule has 0 unspecified atom stereocenters. The molecule has 172 valence electrons. The molecule has 0 saturated carbocycles. The van der Waals surface area contributed by atoms with Gasteiger partial charge in [0.25, 0.3) is 0 Å². The smallest absolute Gasteiger partial charge is 0.748 e. The maximum absolute atomic E-state index is 11.9. The molecule has 0 N–H and O–H groups in total. The minimum absolute atomic E-state index is 0. The summed E-state index contributed by atoms with van der Waals surface area (Å²) in [6.07, 6.45) is 22.6. The van der Waals surface area contributed by atoms with E-state index in [0.29, 0.717) is 19.4 Å². The van der Waals surface area contributed by atoms with Gasteiger partial charge in [0.1, 0.15) is 0 Å². The molecule has 0 heterocycles. The average Bonchev–Trinajstić information content (AvgIpc) is 2.67. The topological polar surface area (TPSA) is 77.5 Å². The van der Waals surface area contributed by atoms with Crippen LogP contribution in [0, 0.1) is 0 Å². The third-order valence-corrected chi connectivity index (χ3v) is 6.04. The molecule has 5 nitrogen and oxygen atoms in total. The molecule has 0 spiro atoms. The second-order valence-corrected chi connectivity index (χ2v) is 9.69. The van der Waals surface area contributed by atoms with Gasteiger partial charge in [-0.3, -0.25) is 4.79 Å². The summed E-state index contributed by atoms with van der Waals surface area (Å²) in [6.45, 7) is 2.73. The first-order chi connectivity index (χ1) is 13.9. The van der Waals surface area contributed by atoms with Gasteiger partial charge < -0.3 is 9.45 Å². The molecule has 0 rings (SSSR count). The van der Waals surface area contributed by atoms with E-state index in [0.717, 1.165) is 12.8 Å². The van der Waals surface area contributed by atoms with Crippen LogP contribution < -0.4 is 29.6 Å². The van der Waals surface area contributed by atoms with Gasteiger partial charge in [-0.15, -0.1) is 0 Å². The number of carbonyl (C=O) groups excluding carboxylic acids is 1. The normalized spacial score (nSPS) is 11.6. The summed E-state index contributed by atoms with van der Waals surface area (Å²) in [6, 6.07) is 0. The Morgan fingerprint density at radius 1 is 0.800 bits per heavy atom. The molecular formula is C23H44NNaO4S. The molecule has 0 fully saturated rings. The second-order valence-electron chi connectivity index (χ2n) is 8.16. The summed E-state index contributed by atoms with van der Waals surface area (Å²) in [5, 5.41) is 0. The van der Waals surface area contributed by atoms with Gasteiger partial charge in [-0.25, -0.2) is 8.42 Å². The number of unbranched alkanes of at least 4 members (excludes halogenated alkanes) is 14. The van der Waals surface area contributed by atoms with Gasteiger partial charge in [0.05, 0.1) is 10.1 Å². The van der Waals surface area contributed by atoms with Crippen LogP contribution in [0.5, 0.6) is 0 Å².